The van der Waals surface area contributed by atoms with Crippen LogP contribution in [0.2, 0.25) is 10.0 Å². The molecule has 2 aromatic rings. The van der Waals surface area contributed by atoms with E-state index in [1.165, 1.54) is 11.1 Å². The monoisotopic (exact) mass is 675 g/mol. The highest BCUT2D eigenvalue weighted by Crippen LogP contribution is 2.51. The van der Waals surface area contributed by atoms with Gasteiger partial charge in [-0.15, -0.1) is 0 Å². The highest BCUT2D eigenvalue weighted by molar-refractivity contribution is 6.31. The molecule has 0 aromatic heterocycles. The molecule has 3 aliphatic rings. The standard InChI is InChI=1S/C20H29ClO2.C19H30ClNO2/c1-18(2,3)9-8-14-6-7-15(10-16(14)21)20-12-22-11-17(20)19(4,5)23-13-20;1-17(2,3)9-8-13-6-7-14(10-15(13)20)19(21)12-23-18(4,5)16(19)11-22/h6-7,10,17H,8-9,11-13H2,1-5H3;6-7,10,16,22H,8-9,11-12,21H2,1-5H3. The van der Waals surface area contributed by atoms with Crippen molar-refractivity contribution in [2.24, 2.45) is 28.4 Å². The molecule has 0 radical (unpaired) electrons. The van der Waals surface area contributed by atoms with E-state index in [-0.39, 0.29) is 29.0 Å². The summed E-state index contributed by atoms with van der Waals surface area (Å²) in [5, 5.41) is 11.4. The Morgan fingerprint density at radius 1 is 0.761 bits per heavy atom. The van der Waals surface area contributed by atoms with Gasteiger partial charge in [0.1, 0.15) is 0 Å². The maximum Gasteiger partial charge on any atom is 0.0725 e. The third kappa shape index (κ3) is 8.16. The van der Waals surface area contributed by atoms with Crippen LogP contribution in [0.5, 0.6) is 0 Å². The predicted molar refractivity (Wildman–Crippen MR) is 191 cm³/mol. The Bertz CT molecular complexity index is 1350. The van der Waals surface area contributed by atoms with Gasteiger partial charge in [0.15, 0.2) is 0 Å². The van der Waals surface area contributed by atoms with E-state index >= 15 is 0 Å². The molecule has 0 spiro atoms. The van der Waals surface area contributed by atoms with E-state index in [1.807, 2.05) is 26.0 Å². The summed E-state index contributed by atoms with van der Waals surface area (Å²) in [6.07, 6.45) is 4.19. The third-order valence-electron chi connectivity index (χ3n) is 10.7. The Kier molecular flexibility index (Phi) is 11.1. The Morgan fingerprint density at radius 2 is 1.26 bits per heavy atom. The van der Waals surface area contributed by atoms with E-state index in [0.29, 0.717) is 17.9 Å². The first-order valence-electron chi connectivity index (χ1n) is 17.0. The highest BCUT2D eigenvalue weighted by atomic mass is 35.5. The number of hydrogen-bond donors (Lipinski definition) is 2. The summed E-state index contributed by atoms with van der Waals surface area (Å²) in [6.45, 7) is 24.4. The van der Waals surface area contributed by atoms with Gasteiger partial charge in [-0.1, -0.05) is 89.0 Å². The van der Waals surface area contributed by atoms with Gasteiger partial charge >= 0.3 is 0 Å². The molecule has 7 heteroatoms. The largest absolute Gasteiger partial charge is 0.396 e. The van der Waals surface area contributed by atoms with E-state index in [1.54, 1.807) is 0 Å². The zero-order chi connectivity index (χ0) is 34.3. The van der Waals surface area contributed by atoms with Crippen LogP contribution < -0.4 is 5.73 Å². The fraction of sp³-hybridized carbons (Fsp3) is 0.692. The predicted octanol–water partition coefficient (Wildman–Crippen LogP) is 8.90. The summed E-state index contributed by atoms with van der Waals surface area (Å²) in [5.41, 5.74) is 10.5. The smallest absolute Gasteiger partial charge is 0.0725 e. The summed E-state index contributed by atoms with van der Waals surface area (Å²) in [4.78, 5) is 0. The first-order valence-corrected chi connectivity index (χ1v) is 17.7. The minimum absolute atomic E-state index is 0.00705. The molecule has 0 saturated carbocycles. The fourth-order valence-corrected chi connectivity index (χ4v) is 7.87. The van der Waals surface area contributed by atoms with E-state index in [0.717, 1.165) is 66.7 Å². The molecule has 3 aliphatic heterocycles. The van der Waals surface area contributed by atoms with Crippen molar-refractivity contribution in [3.05, 3.63) is 68.7 Å². The van der Waals surface area contributed by atoms with E-state index in [9.17, 15) is 5.11 Å². The van der Waals surface area contributed by atoms with Crippen LogP contribution in [0.3, 0.4) is 0 Å². The van der Waals surface area contributed by atoms with E-state index in [4.69, 9.17) is 43.1 Å². The van der Waals surface area contributed by atoms with Gasteiger partial charge in [0.05, 0.1) is 49.8 Å². The number of aryl methyl sites for hydroxylation is 2. The lowest BCUT2D eigenvalue weighted by molar-refractivity contribution is -0.0123. The summed E-state index contributed by atoms with van der Waals surface area (Å²) < 4.78 is 17.8. The lowest BCUT2D eigenvalue weighted by Gasteiger charge is -2.34. The van der Waals surface area contributed by atoms with Crippen molar-refractivity contribution < 1.29 is 19.3 Å². The average Bonchev–Trinajstić information content (AvgIpc) is 3.57. The molecule has 0 amide bonds. The molecule has 3 N–H and O–H groups in total. The average molecular weight is 677 g/mol. The molecule has 2 aromatic carbocycles. The SMILES string of the molecule is CC(C)(C)CCc1ccc(C2(N)COC(C)(C)C2CO)cc1Cl.CC(C)(C)CCc1ccc(C23COCC2C(C)(C)OC3)cc1Cl. The van der Waals surface area contributed by atoms with Crippen LogP contribution in [0.25, 0.3) is 0 Å². The number of ether oxygens (including phenoxy) is 3. The van der Waals surface area contributed by atoms with Crippen molar-refractivity contribution in [1.29, 1.82) is 0 Å². The van der Waals surface area contributed by atoms with Crippen LogP contribution in [-0.2, 0) is 38.0 Å². The maximum absolute atomic E-state index is 9.80. The number of benzene rings is 2. The van der Waals surface area contributed by atoms with Gasteiger partial charge in [0.2, 0.25) is 0 Å². The zero-order valence-electron chi connectivity index (χ0n) is 30.0. The number of hydrogen-bond acceptors (Lipinski definition) is 5. The molecule has 3 saturated heterocycles. The normalized spacial score (nSPS) is 28.6. The van der Waals surface area contributed by atoms with Crippen molar-refractivity contribution in [3.8, 4) is 0 Å². The number of aliphatic hydroxyl groups excluding tert-OH is 1. The third-order valence-corrected chi connectivity index (χ3v) is 11.4. The van der Waals surface area contributed by atoms with Gasteiger partial charge in [0, 0.05) is 27.3 Å². The Morgan fingerprint density at radius 3 is 1.76 bits per heavy atom. The molecule has 46 heavy (non-hydrogen) atoms. The Balaban J connectivity index is 0.000000209. The second-order valence-electron chi connectivity index (χ2n) is 17.5. The number of nitrogens with two attached hydrogens (primary N) is 1. The molecule has 258 valence electrons. The molecule has 0 aliphatic carbocycles. The van der Waals surface area contributed by atoms with E-state index in [2.05, 4.69) is 79.7 Å². The highest BCUT2D eigenvalue weighted by Gasteiger charge is 2.58. The Labute approximate surface area is 288 Å². The van der Waals surface area contributed by atoms with Gasteiger partial charge in [0.25, 0.3) is 0 Å². The quantitative estimate of drug-likeness (QED) is 0.307. The summed E-state index contributed by atoms with van der Waals surface area (Å²) in [7, 11) is 0. The molecule has 5 nitrogen and oxygen atoms in total. The summed E-state index contributed by atoms with van der Waals surface area (Å²) in [5.74, 6) is 0.234. The molecule has 0 bridgehead atoms. The minimum atomic E-state index is -0.704. The second kappa shape index (κ2) is 13.6. The van der Waals surface area contributed by atoms with Crippen LogP contribution in [0.1, 0.15) is 104 Å². The van der Waals surface area contributed by atoms with Crippen LogP contribution in [0, 0.1) is 22.7 Å². The number of fused-ring (bicyclic) bond motifs is 1. The number of aliphatic hydroxyl groups is 1. The van der Waals surface area contributed by atoms with Gasteiger partial charge < -0.3 is 25.1 Å². The molecular weight excluding hydrogens is 617 g/mol. The van der Waals surface area contributed by atoms with Crippen molar-refractivity contribution in [1.82, 2.24) is 0 Å². The van der Waals surface area contributed by atoms with Gasteiger partial charge in [-0.25, -0.2) is 0 Å². The first kappa shape index (κ1) is 37.6. The molecule has 4 atom stereocenters. The van der Waals surface area contributed by atoms with Crippen molar-refractivity contribution in [2.45, 2.75) is 117 Å². The van der Waals surface area contributed by atoms with Crippen LogP contribution in [0.15, 0.2) is 36.4 Å². The van der Waals surface area contributed by atoms with Gasteiger partial charge in [-0.3, -0.25) is 0 Å². The number of rotatable bonds is 7. The van der Waals surface area contributed by atoms with Gasteiger partial charge in [-0.2, -0.15) is 0 Å². The Hall–Kier alpha value is -1.18. The fourth-order valence-electron chi connectivity index (χ4n) is 7.32. The summed E-state index contributed by atoms with van der Waals surface area (Å²) >= 11 is 13.1. The lowest BCUT2D eigenvalue weighted by atomic mass is 9.69. The second-order valence-corrected chi connectivity index (χ2v) is 18.3. The molecule has 4 unspecified atom stereocenters. The van der Waals surface area contributed by atoms with Crippen molar-refractivity contribution in [3.63, 3.8) is 0 Å². The van der Waals surface area contributed by atoms with E-state index < -0.39 is 11.1 Å². The van der Waals surface area contributed by atoms with Crippen LogP contribution in [-0.4, -0.2) is 49.3 Å². The molecule has 5 rings (SSSR count). The van der Waals surface area contributed by atoms with Crippen LogP contribution >= 0.6 is 23.2 Å². The van der Waals surface area contributed by atoms with Gasteiger partial charge in [-0.05, 0) is 98.6 Å². The molecule has 3 heterocycles. The van der Waals surface area contributed by atoms with Crippen molar-refractivity contribution in [2.75, 3.05) is 33.0 Å². The first-order chi connectivity index (χ1) is 21.1. The lowest BCUT2D eigenvalue weighted by Crippen LogP contribution is -2.49. The molecule has 3 fully saturated rings. The zero-order valence-corrected chi connectivity index (χ0v) is 31.5. The van der Waals surface area contributed by atoms with Crippen LogP contribution in [0.4, 0.5) is 0 Å². The maximum atomic E-state index is 9.80. The topological polar surface area (TPSA) is 73.9 Å². The van der Waals surface area contributed by atoms with Crippen molar-refractivity contribution >= 4 is 23.2 Å². The summed E-state index contributed by atoms with van der Waals surface area (Å²) in [6, 6.07) is 12.7. The minimum Gasteiger partial charge on any atom is -0.396 e. The molecular formula is C39H59Cl2NO4. The number of halogens is 2.